The third kappa shape index (κ3) is 3.66. The highest BCUT2D eigenvalue weighted by molar-refractivity contribution is 7.17. The predicted octanol–water partition coefficient (Wildman–Crippen LogP) is 5.33. The molecule has 1 unspecified atom stereocenters. The lowest BCUT2D eigenvalue weighted by Crippen LogP contribution is -2.33. The molecule has 0 saturated carbocycles. The standard InChI is InChI=1S/C24H23N3O2S/c1-4-20(22(28)26-17-8-6-5-7-9-17)27-14-25-23-21(24(27)29)19(13-30-23)18-11-10-15(2)12-16(18)3/h5-14,20H,4H2,1-3H3,(H,26,28). The second-order valence-corrected chi connectivity index (χ2v) is 8.24. The van der Waals surface area contributed by atoms with Crippen LogP contribution in [0.25, 0.3) is 21.3 Å². The summed E-state index contributed by atoms with van der Waals surface area (Å²) in [5, 5.41) is 5.45. The van der Waals surface area contributed by atoms with Crippen LogP contribution >= 0.6 is 11.3 Å². The van der Waals surface area contributed by atoms with Gasteiger partial charge in [0.25, 0.3) is 5.56 Å². The second kappa shape index (κ2) is 8.24. The molecule has 152 valence electrons. The van der Waals surface area contributed by atoms with Gasteiger partial charge in [-0.2, -0.15) is 0 Å². The molecule has 0 saturated heterocycles. The Labute approximate surface area is 179 Å². The first-order valence-electron chi connectivity index (χ1n) is 9.91. The van der Waals surface area contributed by atoms with Crippen molar-refractivity contribution in [1.82, 2.24) is 9.55 Å². The van der Waals surface area contributed by atoms with E-state index in [1.165, 1.54) is 27.8 Å². The molecule has 0 spiro atoms. The SMILES string of the molecule is CCC(C(=O)Nc1ccccc1)n1cnc2scc(-c3ccc(C)cc3C)c2c1=O. The van der Waals surface area contributed by atoms with Crippen molar-refractivity contribution in [3.63, 3.8) is 0 Å². The van der Waals surface area contributed by atoms with Gasteiger partial charge in [-0.3, -0.25) is 14.2 Å². The fraction of sp³-hybridized carbons (Fsp3) is 0.208. The van der Waals surface area contributed by atoms with E-state index >= 15 is 0 Å². The Morgan fingerprint density at radius 1 is 1.13 bits per heavy atom. The first kappa shape index (κ1) is 20.0. The number of carbonyl (C=O) groups is 1. The predicted molar refractivity (Wildman–Crippen MR) is 123 cm³/mol. The zero-order valence-electron chi connectivity index (χ0n) is 17.2. The summed E-state index contributed by atoms with van der Waals surface area (Å²) in [5.74, 6) is -0.227. The number of para-hydroxylation sites is 1. The molecule has 1 amide bonds. The molecule has 6 heteroatoms. The largest absolute Gasteiger partial charge is 0.324 e. The summed E-state index contributed by atoms with van der Waals surface area (Å²) >= 11 is 1.45. The van der Waals surface area contributed by atoms with Gasteiger partial charge in [0.1, 0.15) is 10.9 Å². The normalized spacial score (nSPS) is 12.1. The number of hydrogen-bond donors (Lipinski definition) is 1. The van der Waals surface area contributed by atoms with E-state index in [1.807, 2.05) is 68.6 Å². The minimum atomic E-state index is -0.638. The lowest BCUT2D eigenvalue weighted by molar-refractivity contribution is -0.119. The molecule has 0 aliphatic heterocycles. The van der Waals surface area contributed by atoms with E-state index in [0.717, 1.165) is 16.7 Å². The average Bonchev–Trinajstić information content (AvgIpc) is 3.15. The molecule has 1 atom stereocenters. The van der Waals surface area contributed by atoms with Gasteiger partial charge in [0.05, 0.1) is 11.7 Å². The maximum Gasteiger partial charge on any atom is 0.263 e. The van der Waals surface area contributed by atoms with E-state index in [4.69, 9.17) is 0 Å². The number of nitrogens with one attached hydrogen (secondary N) is 1. The van der Waals surface area contributed by atoms with Crippen molar-refractivity contribution in [3.8, 4) is 11.1 Å². The first-order valence-corrected chi connectivity index (χ1v) is 10.8. The van der Waals surface area contributed by atoms with Crippen LogP contribution in [0, 0.1) is 13.8 Å². The molecular formula is C24H23N3O2S. The van der Waals surface area contributed by atoms with E-state index in [-0.39, 0.29) is 11.5 Å². The van der Waals surface area contributed by atoms with Crippen molar-refractivity contribution in [2.45, 2.75) is 33.2 Å². The smallest absolute Gasteiger partial charge is 0.263 e. The highest BCUT2D eigenvalue weighted by atomic mass is 32.1. The van der Waals surface area contributed by atoms with E-state index in [1.54, 1.807) is 0 Å². The highest BCUT2D eigenvalue weighted by Gasteiger charge is 2.23. The van der Waals surface area contributed by atoms with Gasteiger partial charge in [-0.25, -0.2) is 4.98 Å². The van der Waals surface area contributed by atoms with Gasteiger partial charge in [-0.15, -0.1) is 11.3 Å². The van der Waals surface area contributed by atoms with Crippen molar-refractivity contribution >= 4 is 33.1 Å². The number of nitrogens with zero attached hydrogens (tertiary/aromatic N) is 2. The Kier molecular flexibility index (Phi) is 5.50. The van der Waals surface area contributed by atoms with Gasteiger partial charge in [0.15, 0.2) is 0 Å². The average molecular weight is 418 g/mol. The molecule has 4 aromatic rings. The number of rotatable bonds is 5. The zero-order valence-corrected chi connectivity index (χ0v) is 18.0. The van der Waals surface area contributed by atoms with Crippen LogP contribution in [0.4, 0.5) is 5.69 Å². The second-order valence-electron chi connectivity index (χ2n) is 7.38. The molecule has 1 N–H and O–H groups in total. The van der Waals surface area contributed by atoms with Crippen molar-refractivity contribution in [3.05, 3.63) is 81.7 Å². The fourth-order valence-corrected chi connectivity index (χ4v) is 4.63. The van der Waals surface area contributed by atoms with E-state index < -0.39 is 6.04 Å². The molecule has 0 bridgehead atoms. The molecule has 2 aromatic carbocycles. The third-order valence-electron chi connectivity index (χ3n) is 5.26. The van der Waals surface area contributed by atoms with Gasteiger partial charge >= 0.3 is 0 Å². The van der Waals surface area contributed by atoms with Crippen LogP contribution in [0.5, 0.6) is 0 Å². The van der Waals surface area contributed by atoms with Crippen molar-refractivity contribution in [2.24, 2.45) is 0 Å². The Balaban J connectivity index is 1.79. The summed E-state index contributed by atoms with van der Waals surface area (Å²) in [6.45, 7) is 5.99. The maximum absolute atomic E-state index is 13.5. The molecular weight excluding hydrogens is 394 g/mol. The van der Waals surface area contributed by atoms with E-state index in [2.05, 4.69) is 16.4 Å². The topological polar surface area (TPSA) is 64.0 Å². The van der Waals surface area contributed by atoms with E-state index in [9.17, 15) is 9.59 Å². The number of amides is 1. The number of anilines is 1. The number of fused-ring (bicyclic) bond motifs is 1. The summed E-state index contributed by atoms with van der Waals surface area (Å²) in [4.78, 5) is 31.6. The molecule has 4 rings (SSSR count). The third-order valence-corrected chi connectivity index (χ3v) is 6.14. The van der Waals surface area contributed by atoms with Crippen LogP contribution in [0.2, 0.25) is 0 Å². The minimum Gasteiger partial charge on any atom is -0.324 e. The van der Waals surface area contributed by atoms with Gasteiger partial charge in [0.2, 0.25) is 5.91 Å². The molecule has 0 fully saturated rings. The number of hydrogen-bond acceptors (Lipinski definition) is 4. The Morgan fingerprint density at radius 3 is 2.60 bits per heavy atom. The molecule has 0 aliphatic rings. The van der Waals surface area contributed by atoms with Crippen molar-refractivity contribution in [2.75, 3.05) is 5.32 Å². The van der Waals surface area contributed by atoms with Crippen LogP contribution in [-0.4, -0.2) is 15.5 Å². The lowest BCUT2D eigenvalue weighted by Gasteiger charge is -2.18. The lowest BCUT2D eigenvalue weighted by atomic mass is 9.99. The summed E-state index contributed by atoms with van der Waals surface area (Å²) in [6, 6.07) is 14.8. The summed E-state index contributed by atoms with van der Waals surface area (Å²) in [5.41, 5.74) is 4.69. The van der Waals surface area contributed by atoms with Crippen LogP contribution < -0.4 is 10.9 Å². The first-order chi connectivity index (χ1) is 14.5. The quantitative estimate of drug-likeness (QED) is 0.477. The number of aromatic nitrogens is 2. The van der Waals surface area contributed by atoms with Crippen LogP contribution in [0.15, 0.2) is 65.0 Å². The summed E-state index contributed by atoms with van der Waals surface area (Å²) in [7, 11) is 0. The Hall–Kier alpha value is -3.25. The van der Waals surface area contributed by atoms with Crippen LogP contribution in [0.3, 0.4) is 0 Å². The van der Waals surface area contributed by atoms with Crippen molar-refractivity contribution < 1.29 is 4.79 Å². The number of aryl methyl sites for hydroxylation is 2. The Bertz CT molecular complexity index is 1270. The molecule has 0 radical (unpaired) electrons. The van der Waals surface area contributed by atoms with Crippen LogP contribution in [-0.2, 0) is 4.79 Å². The van der Waals surface area contributed by atoms with Gasteiger partial charge in [-0.1, -0.05) is 48.9 Å². The van der Waals surface area contributed by atoms with Gasteiger partial charge < -0.3 is 5.32 Å². The monoisotopic (exact) mass is 417 g/mol. The molecule has 30 heavy (non-hydrogen) atoms. The highest BCUT2D eigenvalue weighted by Crippen LogP contribution is 2.33. The van der Waals surface area contributed by atoms with E-state index in [0.29, 0.717) is 22.3 Å². The molecule has 2 aromatic heterocycles. The van der Waals surface area contributed by atoms with Gasteiger partial charge in [-0.05, 0) is 43.5 Å². The Morgan fingerprint density at radius 2 is 1.90 bits per heavy atom. The van der Waals surface area contributed by atoms with Gasteiger partial charge in [0, 0.05) is 16.6 Å². The molecule has 0 aliphatic carbocycles. The fourth-order valence-electron chi connectivity index (χ4n) is 3.74. The zero-order chi connectivity index (χ0) is 21.3. The number of thiophene rings is 1. The molecule has 5 nitrogen and oxygen atoms in total. The number of benzene rings is 2. The number of carbonyl (C=O) groups excluding carboxylic acids is 1. The minimum absolute atomic E-state index is 0.189. The van der Waals surface area contributed by atoms with Crippen molar-refractivity contribution in [1.29, 1.82) is 0 Å². The molecule has 2 heterocycles. The maximum atomic E-state index is 13.5. The summed E-state index contributed by atoms with van der Waals surface area (Å²) < 4.78 is 1.46. The van der Waals surface area contributed by atoms with Crippen LogP contribution in [0.1, 0.15) is 30.5 Å². The summed E-state index contributed by atoms with van der Waals surface area (Å²) in [6.07, 6.45) is 1.97.